The van der Waals surface area contributed by atoms with Crippen molar-refractivity contribution >= 4 is 6.08 Å². The molecule has 0 bridgehead atoms. The predicted molar refractivity (Wildman–Crippen MR) is 56.3 cm³/mol. The van der Waals surface area contributed by atoms with E-state index >= 15 is 0 Å². The summed E-state index contributed by atoms with van der Waals surface area (Å²) in [6, 6.07) is 3.92. The highest BCUT2D eigenvalue weighted by Crippen LogP contribution is 2.06. The van der Waals surface area contributed by atoms with E-state index in [2.05, 4.69) is 23.3 Å². The van der Waals surface area contributed by atoms with Crippen LogP contribution in [0.4, 0.5) is 0 Å². The van der Waals surface area contributed by atoms with Crippen LogP contribution in [0, 0.1) is 11.3 Å². The minimum atomic E-state index is 0.599. The maximum absolute atomic E-state index is 8.78. The fraction of sp³-hybridized carbons (Fsp3) is 0.273. The molecule has 0 aliphatic heterocycles. The molecule has 0 spiro atoms. The maximum atomic E-state index is 8.78. The van der Waals surface area contributed by atoms with Crippen molar-refractivity contribution in [1.82, 2.24) is 10.3 Å². The van der Waals surface area contributed by atoms with Gasteiger partial charge in [-0.1, -0.05) is 6.92 Å². The molecule has 1 rings (SSSR count). The zero-order chi connectivity index (χ0) is 10.2. The van der Waals surface area contributed by atoms with Gasteiger partial charge in [0.05, 0.1) is 5.56 Å². The van der Waals surface area contributed by atoms with Crippen LogP contribution < -0.4 is 5.32 Å². The SMILES string of the molecule is CCCN/C=C/c1ccncc1C#N. The highest BCUT2D eigenvalue weighted by Gasteiger charge is 1.95. The van der Waals surface area contributed by atoms with Gasteiger partial charge >= 0.3 is 0 Å². The van der Waals surface area contributed by atoms with E-state index in [0.717, 1.165) is 18.5 Å². The first kappa shape index (κ1) is 10.3. The van der Waals surface area contributed by atoms with Gasteiger partial charge in [-0.3, -0.25) is 4.98 Å². The Labute approximate surface area is 84.1 Å². The number of pyridine rings is 1. The number of nitrogens with zero attached hydrogens (tertiary/aromatic N) is 2. The van der Waals surface area contributed by atoms with Crippen molar-refractivity contribution < 1.29 is 0 Å². The van der Waals surface area contributed by atoms with Crippen molar-refractivity contribution in [2.45, 2.75) is 13.3 Å². The number of nitriles is 1. The normalized spacial score (nSPS) is 10.0. The monoisotopic (exact) mass is 187 g/mol. The van der Waals surface area contributed by atoms with Crippen LogP contribution in [0.1, 0.15) is 24.5 Å². The first-order valence-electron chi connectivity index (χ1n) is 4.62. The molecule has 72 valence electrons. The third-order valence-electron chi connectivity index (χ3n) is 1.75. The molecular weight excluding hydrogens is 174 g/mol. The third-order valence-corrected chi connectivity index (χ3v) is 1.75. The van der Waals surface area contributed by atoms with Crippen molar-refractivity contribution in [1.29, 1.82) is 5.26 Å². The Morgan fingerprint density at radius 3 is 3.21 bits per heavy atom. The number of aromatic nitrogens is 1. The maximum Gasteiger partial charge on any atom is 0.101 e. The predicted octanol–water partition coefficient (Wildman–Crippen LogP) is 1.92. The van der Waals surface area contributed by atoms with Gasteiger partial charge < -0.3 is 5.32 Å². The minimum Gasteiger partial charge on any atom is -0.391 e. The van der Waals surface area contributed by atoms with Crippen LogP contribution in [0.2, 0.25) is 0 Å². The molecule has 14 heavy (non-hydrogen) atoms. The fourth-order valence-electron chi connectivity index (χ4n) is 1.02. The molecular formula is C11H13N3. The quantitative estimate of drug-likeness (QED) is 0.732. The van der Waals surface area contributed by atoms with Crippen LogP contribution in [0.5, 0.6) is 0 Å². The van der Waals surface area contributed by atoms with Gasteiger partial charge in [-0.2, -0.15) is 5.26 Å². The summed E-state index contributed by atoms with van der Waals surface area (Å²) in [4.78, 5) is 3.88. The summed E-state index contributed by atoms with van der Waals surface area (Å²) in [5.74, 6) is 0. The van der Waals surface area contributed by atoms with Crippen molar-refractivity contribution in [2.24, 2.45) is 0 Å². The Kier molecular flexibility index (Phi) is 4.22. The van der Waals surface area contributed by atoms with Gasteiger partial charge in [-0.05, 0) is 30.3 Å². The van der Waals surface area contributed by atoms with Crippen molar-refractivity contribution in [3.63, 3.8) is 0 Å². The molecule has 1 heterocycles. The van der Waals surface area contributed by atoms with E-state index in [4.69, 9.17) is 5.26 Å². The summed E-state index contributed by atoms with van der Waals surface area (Å²) < 4.78 is 0. The summed E-state index contributed by atoms with van der Waals surface area (Å²) >= 11 is 0. The van der Waals surface area contributed by atoms with E-state index in [9.17, 15) is 0 Å². The molecule has 0 aromatic carbocycles. The van der Waals surface area contributed by atoms with Crippen LogP contribution in [0.15, 0.2) is 24.7 Å². The average Bonchev–Trinajstić information content (AvgIpc) is 2.25. The summed E-state index contributed by atoms with van der Waals surface area (Å²) in [5.41, 5.74) is 1.49. The second-order valence-corrected chi connectivity index (χ2v) is 2.86. The lowest BCUT2D eigenvalue weighted by atomic mass is 10.1. The summed E-state index contributed by atoms with van der Waals surface area (Å²) in [6.45, 7) is 3.05. The van der Waals surface area contributed by atoms with Crippen molar-refractivity contribution in [3.8, 4) is 6.07 Å². The Morgan fingerprint density at radius 1 is 1.64 bits per heavy atom. The summed E-state index contributed by atoms with van der Waals surface area (Å²) in [6.07, 6.45) is 8.08. The third kappa shape index (κ3) is 2.91. The molecule has 0 aliphatic rings. The molecule has 1 N–H and O–H groups in total. The number of hydrogen-bond donors (Lipinski definition) is 1. The fourth-order valence-corrected chi connectivity index (χ4v) is 1.02. The molecule has 0 fully saturated rings. The molecule has 0 saturated carbocycles. The first-order valence-corrected chi connectivity index (χ1v) is 4.62. The molecule has 3 heteroatoms. The van der Waals surface area contributed by atoms with Crippen molar-refractivity contribution in [3.05, 3.63) is 35.8 Å². The average molecular weight is 187 g/mol. The molecule has 0 aliphatic carbocycles. The van der Waals surface area contributed by atoms with Crippen LogP contribution >= 0.6 is 0 Å². The lowest BCUT2D eigenvalue weighted by Crippen LogP contribution is -2.04. The second kappa shape index (κ2) is 5.76. The van der Waals surface area contributed by atoms with Crippen LogP contribution in [0.25, 0.3) is 6.08 Å². The van der Waals surface area contributed by atoms with E-state index in [-0.39, 0.29) is 0 Å². The molecule has 3 nitrogen and oxygen atoms in total. The van der Waals surface area contributed by atoms with Gasteiger partial charge in [0.2, 0.25) is 0 Å². The smallest absolute Gasteiger partial charge is 0.101 e. The zero-order valence-electron chi connectivity index (χ0n) is 8.20. The van der Waals surface area contributed by atoms with Gasteiger partial charge in [0, 0.05) is 18.9 Å². The Bertz CT molecular complexity index is 350. The molecule has 1 aromatic heterocycles. The van der Waals surface area contributed by atoms with Gasteiger partial charge in [-0.15, -0.1) is 0 Å². The summed E-state index contributed by atoms with van der Waals surface area (Å²) in [7, 11) is 0. The Hall–Kier alpha value is -1.82. The number of rotatable bonds is 4. The molecule has 0 saturated heterocycles. The number of nitrogens with one attached hydrogen (secondary N) is 1. The van der Waals surface area contributed by atoms with Crippen molar-refractivity contribution in [2.75, 3.05) is 6.54 Å². The van der Waals surface area contributed by atoms with E-state index in [0.29, 0.717) is 5.56 Å². The Morgan fingerprint density at radius 2 is 2.50 bits per heavy atom. The molecule has 0 atom stereocenters. The lowest BCUT2D eigenvalue weighted by molar-refractivity contribution is 0.812. The zero-order valence-corrected chi connectivity index (χ0v) is 8.20. The molecule has 0 amide bonds. The van der Waals surface area contributed by atoms with E-state index < -0.39 is 0 Å². The molecule has 0 unspecified atom stereocenters. The first-order chi connectivity index (χ1) is 6.88. The standard InChI is InChI=1S/C11H13N3/c1-2-5-13-6-3-10-4-7-14-9-11(10)8-12/h3-4,6-7,9,13H,2,5H2,1H3/b6-3+. The van der Waals surface area contributed by atoms with Crippen LogP contribution in [-0.4, -0.2) is 11.5 Å². The largest absolute Gasteiger partial charge is 0.391 e. The van der Waals surface area contributed by atoms with Gasteiger partial charge in [0.1, 0.15) is 6.07 Å². The van der Waals surface area contributed by atoms with Crippen LogP contribution in [-0.2, 0) is 0 Å². The summed E-state index contributed by atoms with van der Waals surface area (Å²) in [5, 5.41) is 11.9. The topological polar surface area (TPSA) is 48.7 Å². The van der Waals surface area contributed by atoms with Gasteiger partial charge in [-0.25, -0.2) is 0 Å². The van der Waals surface area contributed by atoms with Gasteiger partial charge in [0.25, 0.3) is 0 Å². The molecule has 0 radical (unpaired) electrons. The lowest BCUT2D eigenvalue weighted by Gasteiger charge is -1.97. The van der Waals surface area contributed by atoms with Gasteiger partial charge in [0.15, 0.2) is 0 Å². The Balaban J connectivity index is 2.67. The van der Waals surface area contributed by atoms with E-state index in [1.54, 1.807) is 12.4 Å². The highest BCUT2D eigenvalue weighted by molar-refractivity contribution is 5.56. The van der Waals surface area contributed by atoms with Crippen LogP contribution in [0.3, 0.4) is 0 Å². The van der Waals surface area contributed by atoms with E-state index in [1.165, 1.54) is 0 Å². The highest BCUT2D eigenvalue weighted by atomic mass is 14.8. The molecule has 1 aromatic rings. The second-order valence-electron chi connectivity index (χ2n) is 2.86. The number of hydrogen-bond acceptors (Lipinski definition) is 3. The van der Waals surface area contributed by atoms with E-state index in [1.807, 2.05) is 18.3 Å². The minimum absolute atomic E-state index is 0.599.